The number of aryl methyl sites for hydroxylation is 1. The van der Waals surface area contributed by atoms with Gasteiger partial charge in [-0.15, -0.1) is 0 Å². The summed E-state index contributed by atoms with van der Waals surface area (Å²) in [6, 6.07) is 42.0. The van der Waals surface area contributed by atoms with Gasteiger partial charge in [-0.05, 0) is 70.3 Å². The van der Waals surface area contributed by atoms with E-state index in [1.54, 1.807) is 0 Å². The van der Waals surface area contributed by atoms with Crippen LogP contribution in [0.15, 0.2) is 125 Å². The van der Waals surface area contributed by atoms with Crippen molar-refractivity contribution in [1.82, 2.24) is 0 Å². The van der Waals surface area contributed by atoms with Gasteiger partial charge in [-0.2, -0.15) is 0 Å². The molecular weight excluding hydrogens is 616 g/mol. The first-order valence-electron chi connectivity index (χ1n) is 11.6. The Morgan fingerprint density at radius 2 is 0.892 bits per heavy atom. The molecule has 0 saturated carbocycles. The SMILES string of the molecule is [F][Sb-]([F])([F])([F])([F])[F].c1ccc([S+](CCCc2c3ccccc3cc3ccccc23)c2ccccc2)cc1. The second kappa shape index (κ2) is 10.3. The normalized spacial score (nSPS) is 13.6. The quantitative estimate of drug-likeness (QED) is 0.0750. The topological polar surface area (TPSA) is 0 Å². The Labute approximate surface area is 217 Å². The predicted octanol–water partition coefficient (Wildman–Crippen LogP) is 9.80. The van der Waals surface area contributed by atoms with Gasteiger partial charge in [0.2, 0.25) is 0 Å². The molecule has 5 aromatic carbocycles. The predicted molar refractivity (Wildman–Crippen MR) is 144 cm³/mol. The van der Waals surface area contributed by atoms with Crippen molar-refractivity contribution in [2.24, 2.45) is 0 Å². The first kappa shape index (κ1) is 27.4. The van der Waals surface area contributed by atoms with Crippen LogP contribution in [0.5, 0.6) is 0 Å². The Balaban J connectivity index is 0.000000405. The summed E-state index contributed by atoms with van der Waals surface area (Å²) in [7, 11) is 0.108. The Kier molecular flexibility index (Phi) is 7.60. The number of halogens is 6. The van der Waals surface area contributed by atoms with Gasteiger partial charge in [-0.25, -0.2) is 0 Å². The first-order valence-corrected chi connectivity index (χ1v) is 18.8. The summed E-state index contributed by atoms with van der Waals surface area (Å²) < 4.78 is 59.6. The molecule has 0 nitrogen and oxygen atoms in total. The van der Waals surface area contributed by atoms with Gasteiger partial charge < -0.3 is 0 Å². The van der Waals surface area contributed by atoms with E-state index >= 15 is 0 Å². The van der Waals surface area contributed by atoms with E-state index in [0.717, 1.165) is 6.42 Å². The van der Waals surface area contributed by atoms with Gasteiger partial charge in [0.1, 0.15) is 5.75 Å². The van der Waals surface area contributed by atoms with Crippen LogP contribution in [-0.2, 0) is 17.3 Å². The van der Waals surface area contributed by atoms with Crippen LogP contribution in [0.4, 0.5) is 16.9 Å². The number of benzene rings is 5. The summed E-state index contributed by atoms with van der Waals surface area (Å²) in [6.45, 7) is 0. The maximum atomic E-state index is 9.93. The fraction of sp³-hybridized carbons (Fsp3) is 0.103. The third kappa shape index (κ3) is 8.72. The molecule has 0 saturated heterocycles. The average Bonchev–Trinajstić information content (AvgIpc) is 2.85. The molecule has 5 aromatic rings. The molecule has 5 rings (SSSR count). The van der Waals surface area contributed by atoms with E-state index in [2.05, 4.69) is 115 Å². The van der Waals surface area contributed by atoms with Crippen molar-refractivity contribution in [3.63, 3.8) is 0 Å². The van der Waals surface area contributed by atoms with Gasteiger partial charge in [0, 0.05) is 0 Å². The minimum Gasteiger partial charge on any atom is -0.0619 e. The number of hydrogen-bond acceptors (Lipinski definition) is 0. The Morgan fingerprint density at radius 1 is 0.514 bits per heavy atom. The van der Waals surface area contributed by atoms with Crippen LogP contribution in [0.2, 0.25) is 0 Å². The van der Waals surface area contributed by atoms with E-state index in [9.17, 15) is 16.9 Å². The standard InChI is InChI=1S/C29H25S.6FH.Sb/c1-3-14-25(15-4-1)30(26-16-5-2-6-17-26)21-11-20-29-27-18-9-7-12-23(27)22-24-13-8-10-19-28(24)29;;;;;;;/h1-10,12-19,22H,11,20-21H2;6*1H;/q+1;;;;;;;+5/p-6. The number of rotatable bonds is 6. The minimum absolute atomic E-state index is 0.108. The molecule has 8 heteroatoms. The Bertz CT molecular complexity index is 1380. The van der Waals surface area contributed by atoms with E-state index < -0.39 is 19.5 Å². The third-order valence-electron chi connectivity index (χ3n) is 5.71. The van der Waals surface area contributed by atoms with Crippen molar-refractivity contribution >= 4 is 51.9 Å². The van der Waals surface area contributed by atoms with Crippen LogP contribution < -0.4 is 0 Å². The van der Waals surface area contributed by atoms with Gasteiger partial charge in [0.05, 0.1) is 10.9 Å². The fourth-order valence-corrected chi connectivity index (χ4v) is 6.46. The molecule has 0 heterocycles. The molecule has 0 atom stereocenters. The largest absolute Gasteiger partial charge is 0.160 e. The first-order chi connectivity index (χ1) is 17.3. The van der Waals surface area contributed by atoms with E-state index in [1.807, 2.05) is 0 Å². The number of fused-ring (bicyclic) bond motifs is 2. The van der Waals surface area contributed by atoms with Crippen LogP contribution >= 0.6 is 0 Å². The molecular formula is C29H25F6SSb. The molecule has 0 radical (unpaired) electrons. The second-order valence-electron chi connectivity index (χ2n) is 8.58. The zero-order chi connectivity index (χ0) is 26.6. The molecule has 0 aliphatic rings. The van der Waals surface area contributed by atoms with E-state index in [0.29, 0.717) is 0 Å². The van der Waals surface area contributed by atoms with Crippen molar-refractivity contribution in [2.75, 3.05) is 5.75 Å². The molecule has 194 valence electrons. The maximum Gasteiger partial charge on any atom is 0.160 e. The Hall–Kier alpha value is -2.63. The van der Waals surface area contributed by atoms with Crippen molar-refractivity contribution in [3.8, 4) is 0 Å². The zero-order valence-corrected chi connectivity index (χ0v) is 23.1. The third-order valence-corrected chi connectivity index (χ3v) is 8.09. The van der Waals surface area contributed by atoms with E-state index in [-0.39, 0.29) is 10.9 Å². The second-order valence-corrected chi connectivity index (χ2v) is 16.2. The van der Waals surface area contributed by atoms with Crippen molar-refractivity contribution in [1.29, 1.82) is 0 Å². The molecule has 0 aromatic heterocycles. The monoisotopic (exact) mass is 640 g/mol. The van der Waals surface area contributed by atoms with Crippen LogP contribution in [-0.4, -0.2) is 25.2 Å². The maximum absolute atomic E-state index is 11.2. The smallest absolute Gasteiger partial charge is 0.0619 e. The van der Waals surface area contributed by atoms with Crippen molar-refractivity contribution in [2.45, 2.75) is 22.6 Å². The molecule has 0 unspecified atom stereocenters. The summed E-state index contributed by atoms with van der Waals surface area (Å²) in [5.74, 6) is 1.17. The summed E-state index contributed by atoms with van der Waals surface area (Å²) >= 11 is -11.2. The summed E-state index contributed by atoms with van der Waals surface area (Å²) in [5, 5.41) is 5.48. The Morgan fingerprint density at radius 3 is 1.32 bits per heavy atom. The zero-order valence-electron chi connectivity index (χ0n) is 19.7. The summed E-state index contributed by atoms with van der Waals surface area (Å²) in [6.07, 6.45) is 2.27. The van der Waals surface area contributed by atoms with E-state index in [4.69, 9.17) is 0 Å². The molecule has 0 N–H and O–H groups in total. The van der Waals surface area contributed by atoms with E-state index in [1.165, 1.54) is 49.1 Å². The van der Waals surface area contributed by atoms with Crippen molar-refractivity contribution in [3.05, 3.63) is 121 Å². The number of hydrogen-bond donors (Lipinski definition) is 0. The van der Waals surface area contributed by atoms with Crippen LogP contribution in [0.25, 0.3) is 21.5 Å². The van der Waals surface area contributed by atoms with Gasteiger partial charge >= 0.3 is 36.4 Å². The van der Waals surface area contributed by atoms with Gasteiger partial charge in [0.25, 0.3) is 0 Å². The molecule has 0 fully saturated rings. The van der Waals surface area contributed by atoms with Gasteiger partial charge in [0.15, 0.2) is 9.79 Å². The fourth-order valence-electron chi connectivity index (χ4n) is 4.31. The molecule has 37 heavy (non-hydrogen) atoms. The molecule has 0 aliphatic carbocycles. The van der Waals surface area contributed by atoms with Crippen molar-refractivity contribution < 1.29 is 16.9 Å². The minimum atomic E-state index is -11.2. The van der Waals surface area contributed by atoms with Crippen LogP contribution in [0.1, 0.15) is 12.0 Å². The summed E-state index contributed by atoms with van der Waals surface area (Å²) in [4.78, 5) is 2.87. The summed E-state index contributed by atoms with van der Waals surface area (Å²) in [5.41, 5.74) is 1.49. The average molecular weight is 641 g/mol. The molecule has 0 spiro atoms. The molecule has 0 amide bonds. The van der Waals surface area contributed by atoms with Gasteiger partial charge in [-0.1, -0.05) is 84.9 Å². The molecule has 0 aliphatic heterocycles. The molecule has 0 bridgehead atoms. The van der Waals surface area contributed by atoms with Gasteiger partial charge in [-0.3, -0.25) is 0 Å². The van der Waals surface area contributed by atoms with Crippen LogP contribution in [0, 0.1) is 0 Å². The van der Waals surface area contributed by atoms with Crippen LogP contribution in [0.3, 0.4) is 0 Å².